The third-order valence-electron chi connectivity index (χ3n) is 4.25. The fraction of sp³-hybridized carbons (Fsp3) is 0.625. The van der Waals surface area contributed by atoms with Gasteiger partial charge in [-0.25, -0.2) is 9.97 Å². The summed E-state index contributed by atoms with van der Waals surface area (Å²) in [7, 11) is 0. The van der Waals surface area contributed by atoms with Crippen LogP contribution in [0.3, 0.4) is 0 Å². The fourth-order valence-electron chi connectivity index (χ4n) is 3.12. The number of hydrogen-bond donors (Lipinski definition) is 1. The maximum absolute atomic E-state index is 5.89. The summed E-state index contributed by atoms with van der Waals surface area (Å²) in [5.74, 6) is 2.54. The number of hydrogen-bond acceptors (Lipinski definition) is 6. The Morgan fingerprint density at radius 3 is 2.70 bits per heavy atom. The van der Waals surface area contributed by atoms with Gasteiger partial charge in [-0.15, -0.1) is 0 Å². The largest absolute Gasteiger partial charge is 0.368 e. The monoisotopic (exact) mass is 315 g/mol. The molecule has 0 aliphatic carbocycles. The van der Waals surface area contributed by atoms with Crippen molar-refractivity contribution in [2.45, 2.75) is 39.7 Å². The van der Waals surface area contributed by atoms with Crippen molar-refractivity contribution >= 4 is 11.8 Å². The number of nitrogens with two attached hydrogens (primary N) is 1. The number of rotatable bonds is 5. The lowest BCUT2D eigenvalue weighted by molar-refractivity contribution is 0.341. The average molecular weight is 315 g/mol. The lowest BCUT2D eigenvalue weighted by atomic mass is 9.97. The van der Waals surface area contributed by atoms with Crippen molar-refractivity contribution in [3.63, 3.8) is 0 Å². The van der Waals surface area contributed by atoms with Crippen molar-refractivity contribution < 1.29 is 0 Å². The molecule has 0 radical (unpaired) electrons. The molecular formula is C16H25N7. The summed E-state index contributed by atoms with van der Waals surface area (Å²) in [6, 6.07) is 2.09. The second kappa shape index (κ2) is 6.93. The molecular weight excluding hydrogens is 290 g/mol. The number of anilines is 2. The van der Waals surface area contributed by atoms with Crippen LogP contribution in [0.25, 0.3) is 0 Å². The Bertz CT molecular complexity index is 615. The van der Waals surface area contributed by atoms with E-state index in [-0.39, 0.29) is 0 Å². The van der Waals surface area contributed by atoms with Crippen molar-refractivity contribution in [2.75, 3.05) is 23.7 Å². The summed E-state index contributed by atoms with van der Waals surface area (Å²) in [6.07, 6.45) is 6.57. The number of nitrogen functional groups attached to an aromatic ring is 1. The van der Waals surface area contributed by atoms with Gasteiger partial charge in [0.25, 0.3) is 0 Å². The van der Waals surface area contributed by atoms with E-state index in [2.05, 4.69) is 44.9 Å². The minimum atomic E-state index is 0.378. The van der Waals surface area contributed by atoms with Crippen molar-refractivity contribution in [1.82, 2.24) is 24.7 Å². The van der Waals surface area contributed by atoms with Gasteiger partial charge < -0.3 is 10.6 Å². The first kappa shape index (κ1) is 15.7. The normalized spacial score (nSPS) is 16.2. The summed E-state index contributed by atoms with van der Waals surface area (Å²) in [4.78, 5) is 15.1. The van der Waals surface area contributed by atoms with Crippen LogP contribution in [0, 0.1) is 11.8 Å². The second-order valence-corrected chi connectivity index (χ2v) is 6.72. The summed E-state index contributed by atoms with van der Waals surface area (Å²) in [5.41, 5.74) is 6.93. The smallest absolute Gasteiger partial charge is 0.222 e. The molecule has 2 N–H and O–H groups in total. The number of aromatic nitrogens is 5. The highest BCUT2D eigenvalue weighted by Gasteiger charge is 2.21. The zero-order valence-electron chi connectivity index (χ0n) is 13.9. The fourth-order valence-corrected chi connectivity index (χ4v) is 3.12. The lowest BCUT2D eigenvalue weighted by Crippen LogP contribution is -2.35. The second-order valence-electron chi connectivity index (χ2n) is 6.72. The van der Waals surface area contributed by atoms with Gasteiger partial charge in [-0.3, -0.25) is 4.68 Å². The molecule has 0 atom stereocenters. The molecule has 23 heavy (non-hydrogen) atoms. The van der Waals surface area contributed by atoms with E-state index in [1.807, 2.05) is 4.68 Å². The third-order valence-corrected chi connectivity index (χ3v) is 4.25. The Morgan fingerprint density at radius 1 is 1.26 bits per heavy atom. The number of nitrogens with zero attached hydrogens (tertiary/aromatic N) is 6. The maximum Gasteiger partial charge on any atom is 0.222 e. The molecule has 1 aliphatic heterocycles. The van der Waals surface area contributed by atoms with E-state index in [0.717, 1.165) is 50.4 Å². The van der Waals surface area contributed by atoms with Crippen LogP contribution in [0.5, 0.6) is 0 Å². The molecule has 7 heteroatoms. The molecule has 0 saturated carbocycles. The molecule has 0 spiro atoms. The zero-order valence-corrected chi connectivity index (χ0v) is 13.9. The average Bonchev–Trinajstić information content (AvgIpc) is 2.99. The van der Waals surface area contributed by atoms with Gasteiger partial charge in [0.15, 0.2) is 0 Å². The Labute approximate surface area is 136 Å². The minimum absolute atomic E-state index is 0.378. The van der Waals surface area contributed by atoms with Crippen LogP contribution >= 0.6 is 0 Å². The first-order chi connectivity index (χ1) is 11.1. The van der Waals surface area contributed by atoms with Gasteiger partial charge in [-0.1, -0.05) is 13.8 Å². The van der Waals surface area contributed by atoms with Crippen LogP contribution in [0.2, 0.25) is 0 Å². The molecule has 0 amide bonds. The van der Waals surface area contributed by atoms with Crippen LogP contribution in [-0.4, -0.2) is 37.8 Å². The van der Waals surface area contributed by atoms with Crippen LogP contribution < -0.4 is 10.6 Å². The van der Waals surface area contributed by atoms with Crippen LogP contribution in [0.1, 0.15) is 32.4 Å². The highest BCUT2D eigenvalue weighted by Crippen LogP contribution is 2.24. The summed E-state index contributed by atoms with van der Waals surface area (Å²) in [5, 5.41) is 4.19. The Hall–Kier alpha value is -2.18. The van der Waals surface area contributed by atoms with E-state index >= 15 is 0 Å². The molecule has 1 saturated heterocycles. The molecule has 0 aromatic carbocycles. The Balaban J connectivity index is 1.61. The summed E-state index contributed by atoms with van der Waals surface area (Å²) in [6.45, 7) is 7.31. The molecule has 2 aromatic rings. The van der Waals surface area contributed by atoms with Gasteiger partial charge in [0.1, 0.15) is 18.5 Å². The maximum atomic E-state index is 5.89. The molecule has 3 heterocycles. The molecule has 1 aliphatic rings. The minimum Gasteiger partial charge on any atom is -0.368 e. The molecule has 0 bridgehead atoms. The van der Waals surface area contributed by atoms with Gasteiger partial charge in [0.05, 0.1) is 0 Å². The molecule has 0 unspecified atom stereocenters. The van der Waals surface area contributed by atoms with Gasteiger partial charge in [0, 0.05) is 31.4 Å². The highest BCUT2D eigenvalue weighted by molar-refractivity contribution is 5.44. The van der Waals surface area contributed by atoms with Gasteiger partial charge in [-0.2, -0.15) is 10.1 Å². The number of piperidine rings is 1. The molecule has 124 valence electrons. The van der Waals surface area contributed by atoms with Crippen molar-refractivity contribution in [3.8, 4) is 0 Å². The van der Waals surface area contributed by atoms with Gasteiger partial charge >= 0.3 is 0 Å². The first-order valence-electron chi connectivity index (χ1n) is 8.31. The zero-order chi connectivity index (χ0) is 16.2. The quantitative estimate of drug-likeness (QED) is 0.905. The predicted octanol–water partition coefficient (Wildman–Crippen LogP) is 1.77. The van der Waals surface area contributed by atoms with Crippen LogP contribution in [-0.2, 0) is 13.0 Å². The van der Waals surface area contributed by atoms with Gasteiger partial charge in [-0.05, 0) is 31.1 Å². The third kappa shape index (κ3) is 4.18. The van der Waals surface area contributed by atoms with E-state index in [0.29, 0.717) is 17.8 Å². The SMILES string of the molecule is CC(C)Cc1cc(N2CCC(Cn3cncn3)CC2)nc(N)n1. The van der Waals surface area contributed by atoms with E-state index in [1.165, 1.54) is 0 Å². The van der Waals surface area contributed by atoms with Crippen LogP contribution in [0.15, 0.2) is 18.7 Å². The lowest BCUT2D eigenvalue weighted by Gasteiger charge is -2.32. The van der Waals surface area contributed by atoms with Crippen LogP contribution in [0.4, 0.5) is 11.8 Å². The topological polar surface area (TPSA) is 85.8 Å². The highest BCUT2D eigenvalue weighted by atomic mass is 15.3. The van der Waals surface area contributed by atoms with E-state index < -0.39 is 0 Å². The molecule has 2 aromatic heterocycles. The molecule has 3 rings (SSSR count). The van der Waals surface area contributed by atoms with E-state index in [4.69, 9.17) is 5.73 Å². The Kier molecular flexibility index (Phi) is 4.73. The van der Waals surface area contributed by atoms with Gasteiger partial charge in [0.2, 0.25) is 5.95 Å². The molecule has 7 nitrogen and oxygen atoms in total. The Morgan fingerprint density at radius 2 is 2.04 bits per heavy atom. The standard InChI is InChI=1S/C16H25N7/c1-12(2)7-14-8-15(21-16(17)20-14)22-5-3-13(4-6-22)9-23-11-18-10-19-23/h8,10-13H,3-7,9H2,1-2H3,(H2,17,20,21). The molecule has 1 fully saturated rings. The predicted molar refractivity (Wildman–Crippen MR) is 89.9 cm³/mol. The first-order valence-corrected chi connectivity index (χ1v) is 8.31. The van der Waals surface area contributed by atoms with E-state index in [9.17, 15) is 0 Å². The summed E-state index contributed by atoms with van der Waals surface area (Å²) < 4.78 is 1.92. The van der Waals surface area contributed by atoms with Crippen molar-refractivity contribution in [2.24, 2.45) is 11.8 Å². The van der Waals surface area contributed by atoms with Crippen molar-refractivity contribution in [1.29, 1.82) is 0 Å². The van der Waals surface area contributed by atoms with Crippen molar-refractivity contribution in [3.05, 3.63) is 24.4 Å². The van der Waals surface area contributed by atoms with E-state index in [1.54, 1.807) is 12.7 Å². The summed E-state index contributed by atoms with van der Waals surface area (Å²) >= 11 is 0.